The van der Waals surface area contributed by atoms with Gasteiger partial charge in [-0.05, 0) is 75.0 Å². The smallest absolute Gasteiger partial charge is 0.338 e. The minimum absolute atomic E-state index is 0.00705. The second-order valence-electron chi connectivity index (χ2n) is 7.20. The quantitative estimate of drug-likeness (QED) is 0.299. The second kappa shape index (κ2) is 9.88. The topological polar surface area (TPSA) is 89.9 Å². The maximum atomic E-state index is 12.9. The molecule has 0 bridgehead atoms. The van der Waals surface area contributed by atoms with E-state index >= 15 is 0 Å². The number of benzene rings is 1. The first-order chi connectivity index (χ1) is 15.3. The van der Waals surface area contributed by atoms with Crippen LogP contribution in [0.15, 0.2) is 35.9 Å². The highest BCUT2D eigenvalue weighted by Gasteiger charge is 2.33. The van der Waals surface area contributed by atoms with Gasteiger partial charge in [0.25, 0.3) is 11.8 Å². The average Bonchev–Trinajstić information content (AvgIpc) is 3.04. The second-order valence-corrected chi connectivity index (χ2v) is 7.58. The molecule has 1 aromatic carbocycles. The number of carbonyl (C=O) groups excluding carboxylic acids is 3. The number of aryl methyl sites for hydroxylation is 1. The van der Waals surface area contributed by atoms with Crippen LogP contribution in [0.4, 0.5) is 0 Å². The molecule has 1 aromatic heterocycles. The van der Waals surface area contributed by atoms with Gasteiger partial charge in [0, 0.05) is 24.2 Å². The summed E-state index contributed by atoms with van der Waals surface area (Å²) in [5, 5.41) is 2.63. The van der Waals surface area contributed by atoms with Crippen LogP contribution in [0.25, 0.3) is 11.8 Å². The summed E-state index contributed by atoms with van der Waals surface area (Å²) in [4.78, 5) is 38.6. The van der Waals surface area contributed by atoms with E-state index in [2.05, 4.69) is 5.32 Å². The van der Waals surface area contributed by atoms with Crippen molar-refractivity contribution in [1.29, 1.82) is 0 Å². The molecule has 2 amide bonds. The third-order valence-electron chi connectivity index (χ3n) is 5.11. The number of hydrogen-bond acceptors (Lipinski definition) is 6. The molecular weight excluding hydrogens is 430 g/mol. The van der Waals surface area contributed by atoms with Gasteiger partial charge in [-0.3, -0.25) is 19.8 Å². The molecule has 0 spiro atoms. The summed E-state index contributed by atoms with van der Waals surface area (Å²) in [6.45, 7) is 6.45. The van der Waals surface area contributed by atoms with Crippen molar-refractivity contribution in [3.8, 4) is 5.69 Å². The van der Waals surface area contributed by atoms with Crippen molar-refractivity contribution in [2.75, 3.05) is 26.9 Å². The number of aromatic nitrogens is 1. The Balaban J connectivity index is 1.94. The predicted molar refractivity (Wildman–Crippen MR) is 124 cm³/mol. The van der Waals surface area contributed by atoms with Gasteiger partial charge in [-0.15, -0.1) is 0 Å². The van der Waals surface area contributed by atoms with Crippen molar-refractivity contribution >= 4 is 41.2 Å². The Morgan fingerprint density at radius 3 is 2.50 bits per heavy atom. The third-order valence-corrected chi connectivity index (χ3v) is 5.43. The van der Waals surface area contributed by atoms with Gasteiger partial charge in [0.1, 0.15) is 5.57 Å². The Labute approximate surface area is 191 Å². The van der Waals surface area contributed by atoms with E-state index in [4.69, 9.17) is 21.7 Å². The summed E-state index contributed by atoms with van der Waals surface area (Å²) in [5.74, 6) is -1.36. The number of rotatable bonds is 7. The monoisotopic (exact) mass is 455 g/mol. The maximum Gasteiger partial charge on any atom is 0.338 e. The molecule has 9 heteroatoms. The highest BCUT2D eigenvalue weighted by Crippen LogP contribution is 2.24. The Morgan fingerprint density at radius 1 is 1.19 bits per heavy atom. The Hall–Kier alpha value is -3.30. The van der Waals surface area contributed by atoms with E-state index in [0.717, 1.165) is 22.6 Å². The lowest BCUT2D eigenvalue weighted by atomic mass is 10.1. The van der Waals surface area contributed by atoms with Crippen LogP contribution in [-0.2, 0) is 19.1 Å². The summed E-state index contributed by atoms with van der Waals surface area (Å²) in [6, 6.07) is 8.96. The zero-order valence-electron chi connectivity index (χ0n) is 18.4. The van der Waals surface area contributed by atoms with Gasteiger partial charge in [0.2, 0.25) is 0 Å². The lowest BCUT2D eigenvalue weighted by Gasteiger charge is -2.28. The van der Waals surface area contributed by atoms with Crippen LogP contribution in [0.1, 0.15) is 34.2 Å². The molecule has 1 fully saturated rings. The molecule has 168 valence electrons. The van der Waals surface area contributed by atoms with Crippen LogP contribution in [0.3, 0.4) is 0 Å². The normalized spacial score (nSPS) is 15.3. The number of amides is 2. The molecule has 2 heterocycles. The lowest BCUT2D eigenvalue weighted by Crippen LogP contribution is -2.54. The first-order valence-corrected chi connectivity index (χ1v) is 10.5. The SMILES string of the molecule is CCOC(=O)c1ccc(-n2c(C)cc(C=C3C(=O)NC(=S)N(CCOC)C3=O)c2C)cc1. The highest BCUT2D eigenvalue weighted by atomic mass is 32.1. The number of esters is 1. The van der Waals surface area contributed by atoms with E-state index in [1.54, 1.807) is 25.1 Å². The Bertz CT molecular complexity index is 1100. The molecular formula is C23H25N3O5S. The molecule has 0 saturated carbocycles. The first kappa shape index (κ1) is 23.4. The van der Waals surface area contributed by atoms with Crippen molar-refractivity contribution in [2.45, 2.75) is 20.8 Å². The van der Waals surface area contributed by atoms with Crippen molar-refractivity contribution in [3.63, 3.8) is 0 Å². The van der Waals surface area contributed by atoms with Crippen molar-refractivity contribution in [1.82, 2.24) is 14.8 Å². The van der Waals surface area contributed by atoms with Gasteiger partial charge in [-0.1, -0.05) is 0 Å². The number of hydrogen-bond donors (Lipinski definition) is 1. The van der Waals surface area contributed by atoms with E-state index in [0.29, 0.717) is 18.8 Å². The molecule has 2 aromatic rings. The predicted octanol–water partition coefficient (Wildman–Crippen LogP) is 2.54. The largest absolute Gasteiger partial charge is 0.462 e. The number of carbonyl (C=O) groups is 3. The zero-order chi connectivity index (χ0) is 23.4. The van der Waals surface area contributed by atoms with Gasteiger partial charge in [-0.2, -0.15) is 0 Å². The van der Waals surface area contributed by atoms with Crippen LogP contribution in [-0.4, -0.2) is 59.2 Å². The highest BCUT2D eigenvalue weighted by molar-refractivity contribution is 7.80. The van der Waals surface area contributed by atoms with Gasteiger partial charge in [-0.25, -0.2) is 4.79 Å². The number of nitrogens with one attached hydrogen (secondary N) is 1. The summed E-state index contributed by atoms with van der Waals surface area (Å²) >= 11 is 5.13. The van der Waals surface area contributed by atoms with Crippen LogP contribution in [0.5, 0.6) is 0 Å². The van der Waals surface area contributed by atoms with E-state index in [-0.39, 0.29) is 23.2 Å². The van der Waals surface area contributed by atoms with Crippen LogP contribution in [0.2, 0.25) is 0 Å². The lowest BCUT2D eigenvalue weighted by molar-refractivity contribution is -0.129. The van der Waals surface area contributed by atoms with E-state index < -0.39 is 11.8 Å². The van der Waals surface area contributed by atoms with Crippen molar-refractivity contribution in [2.24, 2.45) is 0 Å². The Morgan fingerprint density at radius 2 is 1.88 bits per heavy atom. The van der Waals surface area contributed by atoms with Crippen LogP contribution >= 0.6 is 12.2 Å². The Kier molecular flexibility index (Phi) is 7.22. The minimum Gasteiger partial charge on any atom is -0.462 e. The van der Waals surface area contributed by atoms with Crippen molar-refractivity contribution in [3.05, 3.63) is 58.4 Å². The van der Waals surface area contributed by atoms with Gasteiger partial charge in [0.15, 0.2) is 5.11 Å². The molecule has 1 N–H and O–H groups in total. The van der Waals surface area contributed by atoms with Crippen LogP contribution in [0, 0.1) is 13.8 Å². The van der Waals surface area contributed by atoms with E-state index in [1.165, 1.54) is 12.0 Å². The fourth-order valence-electron chi connectivity index (χ4n) is 3.53. The van der Waals surface area contributed by atoms with E-state index in [1.807, 2.05) is 36.6 Å². The molecule has 1 aliphatic heterocycles. The molecule has 3 rings (SSSR count). The van der Waals surface area contributed by atoms with Gasteiger partial charge >= 0.3 is 5.97 Å². The first-order valence-electron chi connectivity index (χ1n) is 10.1. The van der Waals surface area contributed by atoms with Gasteiger partial charge in [0.05, 0.1) is 25.3 Å². The molecule has 1 aliphatic rings. The molecule has 0 aliphatic carbocycles. The summed E-state index contributed by atoms with van der Waals surface area (Å²) in [7, 11) is 1.53. The minimum atomic E-state index is -0.530. The zero-order valence-corrected chi connectivity index (χ0v) is 19.2. The summed E-state index contributed by atoms with van der Waals surface area (Å²) < 4.78 is 12.0. The molecule has 1 saturated heterocycles. The number of nitrogens with zero attached hydrogens (tertiary/aromatic N) is 2. The third kappa shape index (κ3) is 4.63. The number of methoxy groups -OCH3 is 1. The fraction of sp³-hybridized carbons (Fsp3) is 0.304. The number of ether oxygens (including phenoxy) is 2. The number of thiocarbonyl (C=S) groups is 1. The van der Waals surface area contributed by atoms with Crippen molar-refractivity contribution < 1.29 is 23.9 Å². The van der Waals surface area contributed by atoms with Crippen LogP contribution < -0.4 is 5.32 Å². The average molecular weight is 456 g/mol. The molecule has 0 unspecified atom stereocenters. The standard InChI is InChI=1S/C23H25N3O5S/c1-5-31-22(29)16-6-8-18(9-7-16)26-14(2)12-17(15(26)3)13-19-20(27)24-23(32)25(21(19)28)10-11-30-4/h6-9,12-13H,5,10-11H2,1-4H3,(H,24,27,32). The summed E-state index contributed by atoms with van der Waals surface area (Å²) in [5.41, 5.74) is 3.81. The molecule has 0 atom stereocenters. The summed E-state index contributed by atoms with van der Waals surface area (Å²) in [6.07, 6.45) is 1.57. The van der Waals surface area contributed by atoms with Gasteiger partial charge < -0.3 is 14.0 Å². The molecule has 0 radical (unpaired) electrons. The molecule has 32 heavy (non-hydrogen) atoms. The maximum absolute atomic E-state index is 12.9. The van der Waals surface area contributed by atoms with E-state index in [9.17, 15) is 14.4 Å². The molecule has 8 nitrogen and oxygen atoms in total. The fourth-order valence-corrected chi connectivity index (χ4v) is 3.79.